The van der Waals surface area contributed by atoms with E-state index in [1.807, 2.05) is 30.3 Å². The zero-order valence-corrected chi connectivity index (χ0v) is 23.6. The van der Waals surface area contributed by atoms with Crippen molar-refractivity contribution in [3.63, 3.8) is 0 Å². The van der Waals surface area contributed by atoms with Crippen molar-refractivity contribution in [3.8, 4) is 0 Å². The summed E-state index contributed by atoms with van der Waals surface area (Å²) in [7, 11) is 0. The third-order valence-corrected chi connectivity index (χ3v) is 7.80. The van der Waals surface area contributed by atoms with Gasteiger partial charge in [-0.2, -0.15) is 0 Å². The van der Waals surface area contributed by atoms with Crippen LogP contribution in [0.2, 0.25) is 0 Å². The fourth-order valence-electron chi connectivity index (χ4n) is 5.84. The van der Waals surface area contributed by atoms with Crippen LogP contribution < -0.4 is 5.32 Å². The maximum Gasteiger partial charge on any atom is 0.328 e. The van der Waals surface area contributed by atoms with Gasteiger partial charge in [0.1, 0.15) is 12.1 Å². The zero-order valence-electron chi connectivity index (χ0n) is 23.6. The number of ether oxygens (including phenoxy) is 2. The lowest BCUT2D eigenvalue weighted by Crippen LogP contribution is -2.56. The number of esters is 2. The number of unbranched alkanes of at least 4 members (excludes halogenated alkanes) is 2. The number of nitrogens with zero attached hydrogens (tertiary/aromatic N) is 2. The third kappa shape index (κ3) is 9.18. The molecule has 0 bridgehead atoms. The van der Waals surface area contributed by atoms with Crippen molar-refractivity contribution < 1.29 is 33.8 Å². The van der Waals surface area contributed by atoms with Crippen LogP contribution in [0.4, 0.5) is 0 Å². The highest BCUT2D eigenvalue weighted by atomic mass is 16.9. The van der Waals surface area contributed by atoms with E-state index in [2.05, 4.69) is 10.2 Å². The molecule has 3 rings (SSSR count). The average molecular weight is 562 g/mol. The van der Waals surface area contributed by atoms with Gasteiger partial charge in [0.2, 0.25) is 5.91 Å². The highest BCUT2D eigenvalue weighted by Crippen LogP contribution is 2.40. The first kappa shape index (κ1) is 31.3. The molecule has 0 aromatic heterocycles. The molecule has 222 valence electrons. The number of nitrogens with one attached hydrogen (secondary N) is 1. The van der Waals surface area contributed by atoms with Gasteiger partial charge in [-0.1, -0.05) is 43.2 Å². The van der Waals surface area contributed by atoms with Crippen LogP contribution in [0.15, 0.2) is 30.3 Å². The van der Waals surface area contributed by atoms with Crippen molar-refractivity contribution in [1.29, 1.82) is 0 Å². The lowest BCUT2D eigenvalue weighted by molar-refractivity contribution is -0.757. The number of hydrogen-bond donors (Lipinski definition) is 1. The first-order chi connectivity index (χ1) is 19.3. The molecule has 1 saturated heterocycles. The predicted octanol–water partition coefficient (Wildman–Crippen LogP) is 3.61. The molecule has 1 heterocycles. The Morgan fingerprint density at radius 3 is 2.52 bits per heavy atom. The number of amides is 1. The summed E-state index contributed by atoms with van der Waals surface area (Å²) >= 11 is 0. The highest BCUT2D eigenvalue weighted by molar-refractivity contribution is 5.89. The number of rotatable bonds is 16. The minimum absolute atomic E-state index is 0.0121. The Bertz CT molecular complexity index is 975. The first-order valence-corrected chi connectivity index (χ1v) is 14.5. The average Bonchev–Trinajstić information content (AvgIpc) is 3.34. The molecule has 1 aromatic carbocycles. The van der Waals surface area contributed by atoms with E-state index in [-0.39, 0.29) is 37.7 Å². The Morgan fingerprint density at radius 1 is 1.07 bits per heavy atom. The molecular weight excluding hydrogens is 518 g/mol. The number of hydrogen-bond acceptors (Lipinski definition) is 9. The molecule has 1 aromatic rings. The van der Waals surface area contributed by atoms with Gasteiger partial charge in [-0.15, -0.1) is 10.1 Å². The van der Waals surface area contributed by atoms with E-state index in [0.717, 1.165) is 31.2 Å². The quantitative estimate of drug-likeness (QED) is 0.139. The lowest BCUT2D eigenvalue weighted by Gasteiger charge is -2.35. The van der Waals surface area contributed by atoms with E-state index in [9.17, 15) is 24.5 Å². The second-order valence-corrected chi connectivity index (χ2v) is 10.6. The monoisotopic (exact) mass is 561 g/mol. The van der Waals surface area contributed by atoms with E-state index in [0.29, 0.717) is 38.5 Å². The number of fused-ring (bicyclic) bond motifs is 1. The molecule has 11 nitrogen and oxygen atoms in total. The summed E-state index contributed by atoms with van der Waals surface area (Å²) in [6, 6.07) is 7.81. The van der Waals surface area contributed by atoms with Crippen LogP contribution in [0, 0.1) is 16.0 Å². The Morgan fingerprint density at radius 2 is 1.80 bits per heavy atom. The van der Waals surface area contributed by atoms with E-state index in [1.165, 1.54) is 0 Å². The minimum Gasteiger partial charge on any atom is -0.465 e. The fourth-order valence-corrected chi connectivity index (χ4v) is 5.84. The Hall–Kier alpha value is -3.21. The van der Waals surface area contributed by atoms with Gasteiger partial charge >= 0.3 is 11.9 Å². The normalized spacial score (nSPS) is 21.6. The zero-order chi connectivity index (χ0) is 28.9. The maximum absolute atomic E-state index is 13.8. The summed E-state index contributed by atoms with van der Waals surface area (Å²) in [5, 5.41) is 12.6. The molecule has 5 atom stereocenters. The highest BCUT2D eigenvalue weighted by Gasteiger charge is 2.49. The smallest absolute Gasteiger partial charge is 0.328 e. The van der Waals surface area contributed by atoms with Crippen molar-refractivity contribution in [3.05, 3.63) is 46.0 Å². The topological polar surface area (TPSA) is 137 Å². The van der Waals surface area contributed by atoms with Gasteiger partial charge < -0.3 is 19.2 Å². The van der Waals surface area contributed by atoms with Crippen molar-refractivity contribution >= 4 is 17.8 Å². The summed E-state index contributed by atoms with van der Waals surface area (Å²) in [6.45, 7) is 3.94. The second-order valence-electron chi connectivity index (χ2n) is 10.6. The largest absolute Gasteiger partial charge is 0.465 e. The molecule has 2 aliphatic rings. The van der Waals surface area contributed by atoms with Gasteiger partial charge in [-0.25, -0.2) is 4.79 Å². The molecule has 2 fully saturated rings. The Balaban J connectivity index is 1.61. The number of aryl methyl sites for hydroxylation is 1. The van der Waals surface area contributed by atoms with Crippen LogP contribution >= 0.6 is 0 Å². The third-order valence-electron chi connectivity index (χ3n) is 7.80. The second kappa shape index (κ2) is 16.2. The molecule has 11 heteroatoms. The molecule has 0 spiro atoms. The first-order valence-electron chi connectivity index (χ1n) is 14.5. The molecule has 1 N–H and O–H groups in total. The molecule has 0 radical (unpaired) electrons. The molecule has 40 heavy (non-hydrogen) atoms. The summed E-state index contributed by atoms with van der Waals surface area (Å²) in [6.07, 6.45) is 7.28. The van der Waals surface area contributed by atoms with Crippen molar-refractivity contribution in [2.75, 3.05) is 19.8 Å². The lowest BCUT2D eigenvalue weighted by atomic mass is 9.84. The van der Waals surface area contributed by atoms with E-state index >= 15 is 0 Å². The number of benzene rings is 1. The number of carbonyl (C=O) groups excluding carboxylic acids is 3. The SMILES string of the molecule is CCOC(=O)C(CCc1ccccc1)NC(C)C(=O)N1C(C(=O)OCCCCCO[N+](=O)[O-])CC2CCCCC21. The van der Waals surface area contributed by atoms with E-state index < -0.39 is 35.2 Å². The summed E-state index contributed by atoms with van der Waals surface area (Å²) < 4.78 is 10.8. The van der Waals surface area contributed by atoms with Gasteiger partial charge in [0.05, 0.1) is 25.9 Å². The van der Waals surface area contributed by atoms with Crippen LogP contribution in [0.25, 0.3) is 0 Å². The fraction of sp³-hybridized carbons (Fsp3) is 0.690. The van der Waals surface area contributed by atoms with Crippen LogP contribution in [-0.4, -0.2) is 71.8 Å². The Kier molecular flexibility index (Phi) is 12.6. The van der Waals surface area contributed by atoms with Crippen molar-refractivity contribution in [1.82, 2.24) is 10.2 Å². The molecule has 1 amide bonds. The predicted molar refractivity (Wildman–Crippen MR) is 147 cm³/mol. The number of carbonyl (C=O) groups is 3. The summed E-state index contributed by atoms with van der Waals surface area (Å²) in [4.78, 5) is 56.0. The van der Waals surface area contributed by atoms with Gasteiger partial charge in [0, 0.05) is 6.04 Å². The van der Waals surface area contributed by atoms with Gasteiger partial charge in [-0.05, 0) is 76.7 Å². The van der Waals surface area contributed by atoms with Crippen LogP contribution in [0.5, 0.6) is 0 Å². The van der Waals surface area contributed by atoms with Crippen LogP contribution in [0.3, 0.4) is 0 Å². The van der Waals surface area contributed by atoms with E-state index in [1.54, 1.807) is 18.7 Å². The van der Waals surface area contributed by atoms with Crippen LogP contribution in [0.1, 0.15) is 77.2 Å². The Labute approximate surface area is 236 Å². The maximum atomic E-state index is 13.8. The van der Waals surface area contributed by atoms with E-state index in [4.69, 9.17) is 9.47 Å². The summed E-state index contributed by atoms with van der Waals surface area (Å²) in [5.74, 6) is -0.764. The molecule has 1 saturated carbocycles. The standard InChI is InChI=1S/C29H43N3O8/c1-3-38-28(34)24(17-16-22-12-6-4-7-13-22)30-21(2)27(33)31-25-15-9-8-14-23(25)20-26(31)29(35)39-18-10-5-11-19-40-32(36)37/h4,6-7,12-13,21,23-26,30H,3,5,8-11,14-20H2,1-2H3. The van der Waals surface area contributed by atoms with Gasteiger partial charge in [-0.3, -0.25) is 14.9 Å². The van der Waals surface area contributed by atoms with Crippen LogP contribution in [-0.2, 0) is 35.1 Å². The minimum atomic E-state index is -0.820. The molecular formula is C29H43N3O8. The molecule has 1 aliphatic carbocycles. The summed E-state index contributed by atoms with van der Waals surface area (Å²) in [5.41, 5.74) is 1.09. The van der Waals surface area contributed by atoms with Crippen molar-refractivity contribution in [2.45, 2.75) is 102 Å². The number of likely N-dealkylation sites (tertiary alicyclic amines) is 1. The molecule has 5 unspecified atom stereocenters. The van der Waals surface area contributed by atoms with Gasteiger partial charge in [0.15, 0.2) is 0 Å². The van der Waals surface area contributed by atoms with Gasteiger partial charge in [0.25, 0.3) is 5.09 Å². The molecule has 1 aliphatic heterocycles. The van der Waals surface area contributed by atoms with Crippen molar-refractivity contribution in [2.24, 2.45) is 5.92 Å².